The molecule has 14 heavy (non-hydrogen) atoms. The quantitative estimate of drug-likeness (QED) is 0.611. The zero-order valence-corrected chi connectivity index (χ0v) is 9.64. The second-order valence-corrected chi connectivity index (χ2v) is 4.36. The van der Waals surface area contributed by atoms with E-state index in [0.29, 0.717) is 6.61 Å². The van der Waals surface area contributed by atoms with Gasteiger partial charge in [-0.25, -0.2) is 0 Å². The summed E-state index contributed by atoms with van der Waals surface area (Å²) in [6.45, 7) is 6.95. The molecule has 0 aliphatic carbocycles. The van der Waals surface area contributed by atoms with Crippen LogP contribution < -0.4 is 5.73 Å². The molecule has 2 N–H and O–H groups in total. The van der Waals surface area contributed by atoms with Crippen molar-refractivity contribution in [1.82, 2.24) is 0 Å². The third-order valence-corrected chi connectivity index (χ3v) is 2.27. The molecule has 0 radical (unpaired) electrons. The second kappa shape index (κ2) is 6.82. The number of nitrogens with two attached hydrogens (primary N) is 1. The number of rotatable bonds is 8. The fraction of sp³-hybridized carbons (Fsp3) is 0.909. The molecule has 0 spiro atoms. The zero-order valence-electron chi connectivity index (χ0n) is 9.64. The first-order valence-corrected chi connectivity index (χ1v) is 5.38. The summed E-state index contributed by atoms with van der Waals surface area (Å²) in [5.74, 6) is -0.300. The van der Waals surface area contributed by atoms with E-state index >= 15 is 0 Å². The van der Waals surface area contributed by atoms with Crippen molar-refractivity contribution in [3.8, 4) is 0 Å². The van der Waals surface area contributed by atoms with Gasteiger partial charge in [0.2, 0.25) is 5.91 Å². The summed E-state index contributed by atoms with van der Waals surface area (Å²) in [5.41, 5.74) is 4.68. The van der Waals surface area contributed by atoms with E-state index in [0.717, 1.165) is 13.0 Å². The Morgan fingerprint density at radius 3 is 2.43 bits per heavy atom. The van der Waals surface area contributed by atoms with Crippen molar-refractivity contribution in [1.29, 1.82) is 0 Å². The third kappa shape index (κ3) is 5.97. The first kappa shape index (κ1) is 13.4. The molecule has 0 aromatic heterocycles. The van der Waals surface area contributed by atoms with E-state index < -0.39 is 5.41 Å². The van der Waals surface area contributed by atoms with Crippen LogP contribution in [0.5, 0.6) is 0 Å². The van der Waals surface area contributed by atoms with Gasteiger partial charge in [-0.05, 0) is 20.3 Å². The van der Waals surface area contributed by atoms with Crippen LogP contribution in [0.2, 0.25) is 0 Å². The molecule has 0 saturated carbocycles. The Morgan fingerprint density at radius 2 is 1.93 bits per heavy atom. The maximum atomic E-state index is 10.9. The van der Waals surface area contributed by atoms with Crippen molar-refractivity contribution in [3.05, 3.63) is 0 Å². The minimum atomic E-state index is -0.537. The van der Waals surface area contributed by atoms with Crippen LogP contribution in [0.3, 0.4) is 0 Å². The number of unbranched alkanes of at least 4 members (excludes halogenated alkanes) is 3. The van der Waals surface area contributed by atoms with Crippen molar-refractivity contribution in [2.75, 3.05) is 13.2 Å². The number of hydrogen-bond donors (Lipinski definition) is 1. The topological polar surface area (TPSA) is 52.3 Å². The third-order valence-electron chi connectivity index (χ3n) is 2.27. The van der Waals surface area contributed by atoms with Gasteiger partial charge in [-0.3, -0.25) is 4.79 Å². The highest BCUT2D eigenvalue weighted by Crippen LogP contribution is 2.14. The average Bonchev–Trinajstić information content (AvgIpc) is 2.10. The predicted octanol–water partition coefficient (Wildman–Crippen LogP) is 2.09. The average molecular weight is 201 g/mol. The second-order valence-electron chi connectivity index (χ2n) is 4.36. The largest absolute Gasteiger partial charge is 0.380 e. The monoisotopic (exact) mass is 201 g/mol. The van der Waals surface area contributed by atoms with E-state index in [1.54, 1.807) is 13.8 Å². The molecule has 0 unspecified atom stereocenters. The van der Waals surface area contributed by atoms with Crippen LogP contribution in [-0.2, 0) is 9.53 Å². The Hall–Kier alpha value is -0.570. The predicted molar refractivity (Wildman–Crippen MR) is 57.9 cm³/mol. The summed E-state index contributed by atoms with van der Waals surface area (Å²) in [6.07, 6.45) is 4.76. The van der Waals surface area contributed by atoms with E-state index in [4.69, 9.17) is 10.5 Å². The molecule has 1 amide bonds. The van der Waals surface area contributed by atoms with Crippen LogP contribution in [0.1, 0.15) is 46.5 Å². The lowest BCUT2D eigenvalue weighted by Crippen LogP contribution is -2.35. The van der Waals surface area contributed by atoms with E-state index in [1.165, 1.54) is 19.3 Å². The van der Waals surface area contributed by atoms with Gasteiger partial charge in [0.1, 0.15) is 0 Å². The molecule has 3 nitrogen and oxygen atoms in total. The lowest BCUT2D eigenvalue weighted by Gasteiger charge is -2.19. The Kier molecular flexibility index (Phi) is 6.54. The van der Waals surface area contributed by atoms with Crippen molar-refractivity contribution < 1.29 is 9.53 Å². The molecule has 0 aromatic rings. The van der Waals surface area contributed by atoms with Gasteiger partial charge >= 0.3 is 0 Å². The van der Waals surface area contributed by atoms with Crippen LogP contribution in [-0.4, -0.2) is 19.1 Å². The maximum absolute atomic E-state index is 10.9. The molecule has 0 fully saturated rings. The Morgan fingerprint density at radius 1 is 1.29 bits per heavy atom. The van der Waals surface area contributed by atoms with Crippen molar-refractivity contribution >= 4 is 5.91 Å². The van der Waals surface area contributed by atoms with Crippen molar-refractivity contribution in [3.63, 3.8) is 0 Å². The van der Waals surface area contributed by atoms with Crippen LogP contribution >= 0.6 is 0 Å². The smallest absolute Gasteiger partial charge is 0.225 e. The molecule has 3 heteroatoms. The van der Waals surface area contributed by atoms with Crippen molar-refractivity contribution in [2.45, 2.75) is 46.5 Å². The molecule has 84 valence electrons. The summed E-state index contributed by atoms with van der Waals surface area (Å²) >= 11 is 0. The minimum Gasteiger partial charge on any atom is -0.380 e. The number of carbonyl (C=O) groups is 1. The normalized spacial score (nSPS) is 11.6. The molecule has 0 heterocycles. The van der Waals surface area contributed by atoms with Crippen LogP contribution in [0, 0.1) is 5.41 Å². The van der Waals surface area contributed by atoms with E-state index in [2.05, 4.69) is 6.92 Å². The lowest BCUT2D eigenvalue weighted by molar-refractivity contribution is -0.129. The van der Waals surface area contributed by atoms with Gasteiger partial charge in [0.25, 0.3) is 0 Å². The molecule has 0 aliphatic rings. The van der Waals surface area contributed by atoms with E-state index in [1.807, 2.05) is 0 Å². The molecule has 0 atom stereocenters. The first-order chi connectivity index (χ1) is 6.50. The standard InChI is InChI=1S/C11H23NO2/c1-4-5-6-7-8-14-9-11(2,3)10(12)13/h4-9H2,1-3H3,(H2,12,13). The van der Waals surface area contributed by atoms with E-state index in [9.17, 15) is 4.79 Å². The molecular formula is C11H23NO2. The van der Waals surface area contributed by atoms with Gasteiger partial charge in [0.05, 0.1) is 12.0 Å². The summed E-state index contributed by atoms with van der Waals surface area (Å²) in [7, 11) is 0. The van der Waals surface area contributed by atoms with Gasteiger partial charge in [-0.2, -0.15) is 0 Å². The summed E-state index contributed by atoms with van der Waals surface area (Å²) in [5, 5.41) is 0. The Labute approximate surface area is 87.0 Å². The Bertz CT molecular complexity index is 167. The highest BCUT2D eigenvalue weighted by molar-refractivity contribution is 5.80. The summed E-state index contributed by atoms with van der Waals surface area (Å²) < 4.78 is 5.41. The first-order valence-electron chi connectivity index (χ1n) is 5.38. The fourth-order valence-corrected chi connectivity index (χ4v) is 1.03. The number of ether oxygens (including phenoxy) is 1. The van der Waals surface area contributed by atoms with Gasteiger partial charge in [-0.15, -0.1) is 0 Å². The van der Waals surface area contributed by atoms with Gasteiger partial charge in [0.15, 0.2) is 0 Å². The summed E-state index contributed by atoms with van der Waals surface area (Å²) in [4.78, 5) is 10.9. The molecule has 0 saturated heterocycles. The Balaban J connectivity index is 3.40. The zero-order chi connectivity index (χ0) is 11.0. The van der Waals surface area contributed by atoms with Crippen LogP contribution in [0.4, 0.5) is 0 Å². The molecule has 0 rings (SSSR count). The number of carbonyl (C=O) groups excluding carboxylic acids is 1. The number of amides is 1. The minimum absolute atomic E-state index is 0.300. The fourth-order valence-electron chi connectivity index (χ4n) is 1.03. The molecule has 0 bridgehead atoms. The maximum Gasteiger partial charge on any atom is 0.225 e. The highest BCUT2D eigenvalue weighted by atomic mass is 16.5. The van der Waals surface area contributed by atoms with Gasteiger partial charge in [-0.1, -0.05) is 26.2 Å². The van der Waals surface area contributed by atoms with Crippen LogP contribution in [0.15, 0.2) is 0 Å². The van der Waals surface area contributed by atoms with Gasteiger partial charge < -0.3 is 10.5 Å². The SMILES string of the molecule is CCCCCCOCC(C)(C)C(N)=O. The molecular weight excluding hydrogens is 178 g/mol. The molecule has 0 aliphatic heterocycles. The van der Waals surface area contributed by atoms with Gasteiger partial charge in [0, 0.05) is 6.61 Å². The number of hydrogen-bond acceptors (Lipinski definition) is 2. The number of primary amides is 1. The summed E-state index contributed by atoms with van der Waals surface area (Å²) in [6, 6.07) is 0. The highest BCUT2D eigenvalue weighted by Gasteiger charge is 2.24. The molecule has 0 aromatic carbocycles. The lowest BCUT2D eigenvalue weighted by atomic mass is 9.94. The van der Waals surface area contributed by atoms with E-state index in [-0.39, 0.29) is 5.91 Å². The van der Waals surface area contributed by atoms with Crippen LogP contribution in [0.25, 0.3) is 0 Å². The van der Waals surface area contributed by atoms with Crippen molar-refractivity contribution in [2.24, 2.45) is 11.1 Å².